The summed E-state index contributed by atoms with van der Waals surface area (Å²) in [5.41, 5.74) is 4.32. The highest BCUT2D eigenvalue weighted by molar-refractivity contribution is 8.18. The van der Waals surface area contributed by atoms with Crippen LogP contribution in [0.15, 0.2) is 102 Å². The number of fused-ring (bicyclic) bond motifs is 2. The molecule has 1 aromatic heterocycles. The van der Waals surface area contributed by atoms with Crippen LogP contribution in [-0.2, 0) is 11.3 Å². The van der Waals surface area contributed by atoms with Crippen molar-refractivity contribution in [2.24, 2.45) is 0 Å². The van der Waals surface area contributed by atoms with Crippen molar-refractivity contribution in [3.05, 3.63) is 119 Å². The van der Waals surface area contributed by atoms with Crippen LogP contribution >= 0.6 is 11.8 Å². The molecule has 2 amide bonds. The zero-order valence-electron chi connectivity index (χ0n) is 21.0. The lowest BCUT2D eigenvalue weighted by atomic mass is 10.0. The average molecular weight is 519 g/mol. The van der Waals surface area contributed by atoms with Gasteiger partial charge in [0, 0.05) is 29.2 Å². The molecular formula is C32H26N2O3S. The first-order valence-electron chi connectivity index (χ1n) is 12.6. The third-order valence-corrected chi connectivity index (χ3v) is 7.68. The van der Waals surface area contributed by atoms with Gasteiger partial charge in [0.2, 0.25) is 0 Å². The maximum absolute atomic E-state index is 13.2. The Balaban J connectivity index is 1.25. The Kier molecular flexibility index (Phi) is 6.48. The summed E-state index contributed by atoms with van der Waals surface area (Å²) in [4.78, 5) is 27.5. The molecule has 0 bridgehead atoms. The summed E-state index contributed by atoms with van der Waals surface area (Å²) in [7, 11) is 0. The number of para-hydroxylation sites is 1. The number of nitrogens with zero attached hydrogens (tertiary/aromatic N) is 2. The number of hydrogen-bond donors (Lipinski definition) is 0. The van der Waals surface area contributed by atoms with Crippen LogP contribution < -0.4 is 4.74 Å². The standard InChI is InChI=1S/C32H26N2O3S/c1-22-8-6-12-26(18-22)37-17-16-34-31(35)30(38-32(34)36)19-25-21-33(29-15-5-4-14-28(25)29)20-24-11-7-10-23-9-2-3-13-27(23)24/h2-15,18-19,21H,16-17,20H2,1H3/b30-19-. The minimum absolute atomic E-state index is 0.207. The summed E-state index contributed by atoms with van der Waals surface area (Å²) in [6.45, 7) is 3.15. The lowest BCUT2D eigenvalue weighted by Crippen LogP contribution is -2.32. The lowest BCUT2D eigenvalue weighted by Gasteiger charge is -2.13. The first kappa shape index (κ1) is 24.1. The number of amides is 2. The van der Waals surface area contributed by atoms with Crippen LogP contribution in [0, 0.1) is 6.92 Å². The number of hydrogen-bond acceptors (Lipinski definition) is 4. The number of carbonyl (C=O) groups is 2. The van der Waals surface area contributed by atoms with E-state index in [0.29, 0.717) is 11.4 Å². The van der Waals surface area contributed by atoms with Crippen molar-refractivity contribution in [1.29, 1.82) is 0 Å². The predicted octanol–water partition coefficient (Wildman–Crippen LogP) is 7.27. The number of imide groups is 1. The molecule has 0 N–H and O–H groups in total. The second-order valence-corrected chi connectivity index (χ2v) is 10.4. The van der Waals surface area contributed by atoms with Crippen LogP contribution in [0.25, 0.3) is 27.8 Å². The first-order chi connectivity index (χ1) is 18.6. The van der Waals surface area contributed by atoms with Crippen molar-refractivity contribution in [2.75, 3.05) is 13.2 Å². The summed E-state index contributed by atoms with van der Waals surface area (Å²) in [6.07, 6.45) is 3.91. The largest absolute Gasteiger partial charge is 0.492 e. The molecule has 6 rings (SSSR count). The molecule has 0 aliphatic carbocycles. The van der Waals surface area contributed by atoms with Gasteiger partial charge in [-0.25, -0.2) is 0 Å². The highest BCUT2D eigenvalue weighted by Crippen LogP contribution is 2.34. The van der Waals surface area contributed by atoms with Crippen molar-refractivity contribution in [2.45, 2.75) is 13.5 Å². The molecule has 1 fully saturated rings. The minimum atomic E-state index is -0.279. The Morgan fingerprint density at radius 1 is 0.868 bits per heavy atom. The Morgan fingerprint density at radius 2 is 1.63 bits per heavy atom. The third kappa shape index (κ3) is 4.71. The van der Waals surface area contributed by atoms with Gasteiger partial charge < -0.3 is 9.30 Å². The number of rotatable bonds is 7. The van der Waals surface area contributed by atoms with Gasteiger partial charge in [0.15, 0.2) is 0 Å². The average Bonchev–Trinajstić information content (AvgIpc) is 3.40. The zero-order valence-corrected chi connectivity index (χ0v) is 21.8. The van der Waals surface area contributed by atoms with Gasteiger partial charge >= 0.3 is 0 Å². The smallest absolute Gasteiger partial charge is 0.293 e. The minimum Gasteiger partial charge on any atom is -0.492 e. The van der Waals surface area contributed by atoms with Crippen LogP contribution in [0.1, 0.15) is 16.7 Å². The number of aryl methyl sites for hydroxylation is 1. The van der Waals surface area contributed by atoms with E-state index in [1.165, 1.54) is 21.2 Å². The maximum Gasteiger partial charge on any atom is 0.293 e. The summed E-state index contributed by atoms with van der Waals surface area (Å²) < 4.78 is 7.98. The van der Waals surface area contributed by atoms with E-state index in [1.54, 1.807) is 0 Å². The molecule has 1 saturated heterocycles. The summed E-state index contributed by atoms with van der Waals surface area (Å²) in [6, 6.07) is 30.6. The summed E-state index contributed by atoms with van der Waals surface area (Å²) >= 11 is 0.983. The van der Waals surface area contributed by atoms with Crippen LogP contribution in [0.5, 0.6) is 5.75 Å². The van der Waals surface area contributed by atoms with E-state index in [1.807, 2.05) is 49.4 Å². The van der Waals surface area contributed by atoms with E-state index in [2.05, 4.69) is 65.4 Å². The molecule has 2 heterocycles. The topological polar surface area (TPSA) is 51.5 Å². The molecule has 0 saturated carbocycles. The Hall–Kier alpha value is -4.29. The van der Waals surface area contributed by atoms with Crippen molar-refractivity contribution < 1.29 is 14.3 Å². The second-order valence-electron chi connectivity index (χ2n) is 9.37. The van der Waals surface area contributed by atoms with Crippen LogP contribution in [-0.4, -0.2) is 33.8 Å². The van der Waals surface area contributed by atoms with Crippen LogP contribution in [0.2, 0.25) is 0 Å². The van der Waals surface area contributed by atoms with Gasteiger partial charge in [0.05, 0.1) is 11.4 Å². The van der Waals surface area contributed by atoms with Crippen LogP contribution in [0.4, 0.5) is 4.79 Å². The SMILES string of the molecule is Cc1cccc(OCCN2C(=O)S/C(=C\c3cn(Cc4cccc5ccccc45)c4ccccc34)C2=O)c1. The van der Waals surface area contributed by atoms with E-state index >= 15 is 0 Å². The number of benzene rings is 4. The lowest BCUT2D eigenvalue weighted by molar-refractivity contribution is -0.123. The van der Waals surface area contributed by atoms with Gasteiger partial charge in [-0.3, -0.25) is 14.5 Å². The van der Waals surface area contributed by atoms with Gasteiger partial charge in [0.1, 0.15) is 12.4 Å². The number of carbonyl (C=O) groups excluding carboxylic acids is 2. The molecule has 188 valence electrons. The molecule has 0 atom stereocenters. The number of ether oxygens (including phenoxy) is 1. The Bertz CT molecular complexity index is 1710. The van der Waals surface area contributed by atoms with Crippen molar-refractivity contribution >= 4 is 50.7 Å². The van der Waals surface area contributed by atoms with Gasteiger partial charge in [-0.05, 0) is 64.9 Å². The van der Waals surface area contributed by atoms with Gasteiger partial charge in [-0.15, -0.1) is 0 Å². The first-order valence-corrected chi connectivity index (χ1v) is 13.4. The van der Waals surface area contributed by atoms with E-state index in [-0.39, 0.29) is 24.3 Å². The molecule has 1 aliphatic rings. The third-order valence-electron chi connectivity index (χ3n) is 6.77. The molecule has 4 aromatic carbocycles. The normalized spacial score (nSPS) is 14.8. The fourth-order valence-electron chi connectivity index (χ4n) is 4.93. The van der Waals surface area contributed by atoms with Crippen molar-refractivity contribution in [3.8, 4) is 5.75 Å². The van der Waals surface area contributed by atoms with Gasteiger partial charge in [-0.2, -0.15) is 0 Å². The monoisotopic (exact) mass is 518 g/mol. The van der Waals surface area contributed by atoms with Crippen molar-refractivity contribution in [3.63, 3.8) is 0 Å². The maximum atomic E-state index is 13.2. The molecular weight excluding hydrogens is 492 g/mol. The number of thioether (sulfide) groups is 1. The molecule has 0 unspecified atom stereocenters. The number of aromatic nitrogens is 1. The highest BCUT2D eigenvalue weighted by Gasteiger charge is 2.35. The van der Waals surface area contributed by atoms with E-state index < -0.39 is 0 Å². The van der Waals surface area contributed by atoms with Crippen LogP contribution in [0.3, 0.4) is 0 Å². The summed E-state index contributed by atoms with van der Waals surface area (Å²) in [5.74, 6) is 0.449. The molecule has 0 spiro atoms. The fraction of sp³-hybridized carbons (Fsp3) is 0.125. The van der Waals surface area contributed by atoms with E-state index in [9.17, 15) is 9.59 Å². The Labute approximate surface area is 225 Å². The quantitative estimate of drug-likeness (QED) is 0.213. The van der Waals surface area contributed by atoms with Gasteiger partial charge in [-0.1, -0.05) is 72.8 Å². The molecule has 0 radical (unpaired) electrons. The zero-order chi connectivity index (χ0) is 26.1. The Morgan fingerprint density at radius 3 is 2.50 bits per heavy atom. The van der Waals surface area contributed by atoms with Crippen molar-refractivity contribution in [1.82, 2.24) is 9.47 Å². The van der Waals surface area contributed by atoms with E-state index in [4.69, 9.17) is 4.74 Å². The van der Waals surface area contributed by atoms with Gasteiger partial charge in [0.25, 0.3) is 11.1 Å². The molecule has 38 heavy (non-hydrogen) atoms. The molecule has 5 nitrogen and oxygen atoms in total. The second kappa shape index (κ2) is 10.2. The predicted molar refractivity (Wildman–Crippen MR) is 154 cm³/mol. The molecule has 1 aliphatic heterocycles. The molecule has 5 aromatic rings. The highest BCUT2D eigenvalue weighted by atomic mass is 32.2. The van der Waals surface area contributed by atoms with E-state index in [0.717, 1.165) is 39.5 Å². The molecule has 6 heteroatoms. The fourth-order valence-corrected chi connectivity index (χ4v) is 5.78. The summed E-state index contributed by atoms with van der Waals surface area (Å²) in [5, 5.41) is 3.21.